The summed E-state index contributed by atoms with van der Waals surface area (Å²) < 4.78 is 1.29. The molecule has 1 fully saturated rings. The smallest absolute Gasteiger partial charge is 0.0821 e. The van der Waals surface area contributed by atoms with Crippen molar-refractivity contribution in [3.8, 4) is 0 Å². The number of nitrogens with zero attached hydrogens (tertiary/aromatic N) is 1. The highest BCUT2D eigenvalue weighted by Crippen LogP contribution is 2.39. The first-order chi connectivity index (χ1) is 7.13. The van der Waals surface area contributed by atoms with Crippen molar-refractivity contribution in [2.45, 2.75) is 32.6 Å². The summed E-state index contributed by atoms with van der Waals surface area (Å²) in [4.78, 5) is 0. The molecule has 1 aliphatic carbocycles. The Balaban J connectivity index is 1.95. The molecule has 2 aliphatic rings. The van der Waals surface area contributed by atoms with Crippen molar-refractivity contribution in [1.82, 2.24) is 0 Å². The molecule has 0 spiro atoms. The first-order valence-corrected chi connectivity index (χ1v) is 6.69. The molecule has 1 aliphatic heterocycles. The van der Waals surface area contributed by atoms with Crippen molar-refractivity contribution in [1.29, 1.82) is 0 Å². The molecule has 1 saturated heterocycles. The first-order valence-electron chi connectivity index (χ1n) is 6.31. The predicted molar refractivity (Wildman–Crippen MR) is 65.8 cm³/mol. The minimum Gasteiger partial charge on any atom is -0.326 e. The van der Waals surface area contributed by atoms with Crippen molar-refractivity contribution in [2.75, 3.05) is 26.7 Å². The third-order valence-corrected chi connectivity index (χ3v) is 4.48. The van der Waals surface area contributed by atoms with E-state index in [1.165, 1.54) is 43.4 Å². The predicted octanol–water partition coefficient (Wildman–Crippen LogP) is 3.40. The fourth-order valence-corrected chi connectivity index (χ4v) is 3.63. The van der Waals surface area contributed by atoms with Gasteiger partial charge in [-0.1, -0.05) is 31.0 Å². The highest BCUT2D eigenvalue weighted by molar-refractivity contribution is 6.29. The molecule has 2 rings (SSSR count). The van der Waals surface area contributed by atoms with E-state index in [0.717, 1.165) is 23.3 Å². The summed E-state index contributed by atoms with van der Waals surface area (Å²) >= 11 is 6.13. The summed E-state index contributed by atoms with van der Waals surface area (Å²) in [7, 11) is 2.43. The Labute approximate surface area is 98.7 Å². The molecule has 86 valence electrons. The average Bonchev–Trinajstić information content (AvgIpc) is 2.51. The Hall–Kier alpha value is -0.0100. The van der Waals surface area contributed by atoms with Crippen LogP contribution in [0.3, 0.4) is 0 Å². The zero-order chi connectivity index (χ0) is 10.9. The zero-order valence-corrected chi connectivity index (χ0v) is 10.8. The number of halogens is 1. The van der Waals surface area contributed by atoms with Crippen LogP contribution in [-0.4, -0.2) is 31.2 Å². The lowest BCUT2D eigenvalue weighted by Gasteiger charge is -2.29. The molecule has 15 heavy (non-hydrogen) atoms. The Morgan fingerprint density at radius 1 is 1.40 bits per heavy atom. The van der Waals surface area contributed by atoms with Gasteiger partial charge in [-0.2, -0.15) is 0 Å². The van der Waals surface area contributed by atoms with Gasteiger partial charge in [-0.25, -0.2) is 0 Å². The molecule has 2 heteroatoms. The van der Waals surface area contributed by atoms with Crippen molar-refractivity contribution in [2.24, 2.45) is 11.8 Å². The lowest BCUT2D eigenvalue weighted by atomic mass is 9.86. The standard InChI is InChI=1S/C13H23ClN/c1-3-4-7-15(2)9-11-5-6-13(14)8-12(11)10-15/h6,11-12H,3-5,7-10H2,1-2H3/q+1/t11-,12+,15-/m1/s1. The Kier molecular flexibility index (Phi) is 3.42. The maximum Gasteiger partial charge on any atom is 0.0821 e. The molecule has 1 heterocycles. The van der Waals surface area contributed by atoms with Crippen LogP contribution in [0.1, 0.15) is 32.6 Å². The fourth-order valence-electron chi connectivity index (χ4n) is 3.34. The number of hydrogen-bond acceptors (Lipinski definition) is 0. The van der Waals surface area contributed by atoms with Crippen LogP contribution in [0.15, 0.2) is 11.1 Å². The quantitative estimate of drug-likeness (QED) is 0.650. The lowest BCUT2D eigenvalue weighted by molar-refractivity contribution is -0.900. The lowest BCUT2D eigenvalue weighted by Crippen LogP contribution is -2.42. The van der Waals surface area contributed by atoms with E-state index < -0.39 is 0 Å². The van der Waals surface area contributed by atoms with Crippen LogP contribution in [0.25, 0.3) is 0 Å². The summed E-state index contributed by atoms with van der Waals surface area (Å²) in [5, 5.41) is 1.11. The first kappa shape index (κ1) is 11.5. The Bertz CT molecular complexity index is 261. The number of unbranched alkanes of at least 4 members (excludes halogenated alkanes) is 1. The van der Waals surface area contributed by atoms with E-state index in [1.54, 1.807) is 0 Å². The van der Waals surface area contributed by atoms with Gasteiger partial charge < -0.3 is 4.48 Å². The second-order valence-corrected chi connectivity index (χ2v) is 6.16. The van der Waals surface area contributed by atoms with Gasteiger partial charge in [0.2, 0.25) is 0 Å². The topological polar surface area (TPSA) is 0 Å². The Morgan fingerprint density at radius 3 is 2.87 bits per heavy atom. The van der Waals surface area contributed by atoms with Crippen molar-refractivity contribution < 1.29 is 4.48 Å². The molecule has 0 unspecified atom stereocenters. The molecule has 0 bridgehead atoms. The molecule has 0 aromatic carbocycles. The van der Waals surface area contributed by atoms with Gasteiger partial charge in [0.05, 0.1) is 26.7 Å². The second kappa shape index (κ2) is 4.47. The van der Waals surface area contributed by atoms with Crippen LogP contribution in [-0.2, 0) is 0 Å². The van der Waals surface area contributed by atoms with Gasteiger partial charge in [0.1, 0.15) is 0 Å². The normalized spacial score (nSPS) is 40.1. The van der Waals surface area contributed by atoms with Crippen LogP contribution in [0.5, 0.6) is 0 Å². The largest absolute Gasteiger partial charge is 0.326 e. The van der Waals surface area contributed by atoms with Gasteiger partial charge in [-0.05, 0) is 19.3 Å². The molecule has 0 amide bonds. The molecule has 3 atom stereocenters. The van der Waals surface area contributed by atoms with Gasteiger partial charge in [0.15, 0.2) is 0 Å². The molecule has 0 saturated carbocycles. The number of hydrogen-bond donors (Lipinski definition) is 0. The highest BCUT2D eigenvalue weighted by atomic mass is 35.5. The van der Waals surface area contributed by atoms with E-state index in [4.69, 9.17) is 11.6 Å². The monoisotopic (exact) mass is 228 g/mol. The average molecular weight is 229 g/mol. The van der Waals surface area contributed by atoms with Gasteiger partial charge >= 0.3 is 0 Å². The van der Waals surface area contributed by atoms with E-state index in [2.05, 4.69) is 20.0 Å². The highest BCUT2D eigenvalue weighted by Gasteiger charge is 2.42. The maximum absolute atomic E-state index is 6.13. The second-order valence-electron chi connectivity index (χ2n) is 5.67. The van der Waals surface area contributed by atoms with Crippen molar-refractivity contribution >= 4 is 11.6 Å². The van der Waals surface area contributed by atoms with E-state index in [1.807, 2.05) is 0 Å². The fraction of sp³-hybridized carbons (Fsp3) is 0.846. The van der Waals surface area contributed by atoms with Crippen LogP contribution in [0.2, 0.25) is 0 Å². The Morgan fingerprint density at radius 2 is 2.13 bits per heavy atom. The molecule has 0 N–H and O–H groups in total. The number of likely N-dealkylation sites (tertiary alicyclic amines) is 1. The molecular weight excluding hydrogens is 206 g/mol. The third-order valence-electron chi connectivity index (χ3n) is 4.17. The number of allylic oxidation sites excluding steroid dienone is 2. The van der Waals surface area contributed by atoms with Gasteiger partial charge in [-0.15, -0.1) is 0 Å². The van der Waals surface area contributed by atoms with Crippen LogP contribution >= 0.6 is 11.6 Å². The molecule has 0 aromatic rings. The van der Waals surface area contributed by atoms with Gasteiger partial charge in [-0.3, -0.25) is 0 Å². The third kappa shape index (κ3) is 2.57. The van der Waals surface area contributed by atoms with Crippen LogP contribution in [0, 0.1) is 11.8 Å². The summed E-state index contributed by atoms with van der Waals surface area (Å²) in [5.41, 5.74) is 0. The van der Waals surface area contributed by atoms with Crippen molar-refractivity contribution in [3.63, 3.8) is 0 Å². The summed E-state index contributed by atoms with van der Waals surface area (Å²) in [6.45, 7) is 6.38. The number of rotatable bonds is 3. The van der Waals surface area contributed by atoms with Crippen LogP contribution < -0.4 is 0 Å². The van der Waals surface area contributed by atoms with E-state index in [0.29, 0.717) is 0 Å². The summed E-state index contributed by atoms with van der Waals surface area (Å²) in [6, 6.07) is 0. The van der Waals surface area contributed by atoms with E-state index in [9.17, 15) is 0 Å². The molecule has 0 aromatic heterocycles. The summed E-state index contributed by atoms with van der Waals surface area (Å²) in [6.07, 6.45) is 7.31. The number of quaternary nitrogens is 1. The van der Waals surface area contributed by atoms with Crippen molar-refractivity contribution in [3.05, 3.63) is 11.1 Å². The van der Waals surface area contributed by atoms with Crippen LogP contribution in [0.4, 0.5) is 0 Å². The SMILES string of the molecule is CCCC[N@+]1(C)C[C@H]2CC=C(Cl)C[C@H]2C1. The summed E-state index contributed by atoms with van der Waals surface area (Å²) in [5.74, 6) is 1.78. The van der Waals surface area contributed by atoms with Gasteiger partial charge in [0, 0.05) is 16.9 Å². The van der Waals surface area contributed by atoms with E-state index >= 15 is 0 Å². The zero-order valence-electron chi connectivity index (χ0n) is 10.0. The van der Waals surface area contributed by atoms with Gasteiger partial charge in [0.25, 0.3) is 0 Å². The number of fused-ring (bicyclic) bond motifs is 1. The maximum atomic E-state index is 6.13. The molecular formula is C13H23ClN+. The molecule has 1 nitrogen and oxygen atoms in total. The minimum absolute atomic E-state index is 0.865. The molecule has 0 radical (unpaired) electrons. The minimum atomic E-state index is 0.865. The van der Waals surface area contributed by atoms with E-state index in [-0.39, 0.29) is 0 Å².